The molecule has 4 nitrogen and oxygen atoms in total. The summed E-state index contributed by atoms with van der Waals surface area (Å²) in [6.45, 7) is 6.54. The summed E-state index contributed by atoms with van der Waals surface area (Å²) >= 11 is 0. The Morgan fingerprint density at radius 2 is 1.84 bits per heavy atom. The molecule has 0 saturated carbocycles. The van der Waals surface area contributed by atoms with Gasteiger partial charge in [0, 0.05) is 35.9 Å². The average Bonchev–Trinajstić information content (AvgIpc) is 2.65. The van der Waals surface area contributed by atoms with E-state index in [1.165, 1.54) is 12.8 Å². The highest BCUT2D eigenvalue weighted by atomic mass is 15.2. The Bertz CT molecular complexity index is 894. The van der Waals surface area contributed by atoms with Crippen molar-refractivity contribution >= 4 is 22.4 Å². The van der Waals surface area contributed by atoms with Gasteiger partial charge in [0.15, 0.2) is 0 Å². The maximum atomic E-state index is 6.35. The number of nitrogens with two attached hydrogens (primary N) is 1. The topological polar surface area (TPSA) is 55.0 Å². The molecule has 0 aliphatic carbocycles. The summed E-state index contributed by atoms with van der Waals surface area (Å²) in [4.78, 5) is 11.9. The summed E-state index contributed by atoms with van der Waals surface area (Å²) in [5.74, 6) is 1.88. The Balaban J connectivity index is 1.68. The molecule has 1 saturated heterocycles. The van der Waals surface area contributed by atoms with Gasteiger partial charge < -0.3 is 10.6 Å². The number of fused-ring (bicyclic) bond motifs is 1. The van der Waals surface area contributed by atoms with Gasteiger partial charge in [0.05, 0.1) is 11.2 Å². The molecule has 0 bridgehead atoms. The van der Waals surface area contributed by atoms with Crippen LogP contribution in [0.25, 0.3) is 22.2 Å². The summed E-state index contributed by atoms with van der Waals surface area (Å²) in [6, 6.07) is 12.2. The lowest BCUT2D eigenvalue weighted by molar-refractivity contribution is 0.436. The molecule has 3 aromatic rings. The lowest BCUT2D eigenvalue weighted by atomic mass is 9.99. The van der Waals surface area contributed by atoms with E-state index >= 15 is 0 Å². The molecule has 25 heavy (non-hydrogen) atoms. The minimum Gasteiger partial charge on any atom is -0.398 e. The van der Waals surface area contributed by atoms with Gasteiger partial charge in [-0.1, -0.05) is 25.1 Å². The van der Waals surface area contributed by atoms with Gasteiger partial charge in [-0.3, -0.25) is 0 Å². The first kappa shape index (κ1) is 15.9. The number of nitrogen functional groups attached to an aromatic ring is 1. The molecular formula is C21H24N4. The van der Waals surface area contributed by atoms with Crippen LogP contribution in [0, 0.1) is 12.8 Å². The number of hydrogen-bond donors (Lipinski definition) is 1. The Kier molecular flexibility index (Phi) is 4.04. The van der Waals surface area contributed by atoms with Crippen LogP contribution in [0.2, 0.25) is 0 Å². The minimum absolute atomic E-state index is 0.801. The number of benzene rings is 1. The maximum absolute atomic E-state index is 6.35. The molecule has 1 aliphatic heterocycles. The van der Waals surface area contributed by atoms with E-state index in [1.54, 1.807) is 0 Å². The zero-order valence-corrected chi connectivity index (χ0v) is 14.9. The number of nitrogens with zero attached hydrogens (tertiary/aromatic N) is 3. The Morgan fingerprint density at radius 1 is 1.08 bits per heavy atom. The second kappa shape index (κ2) is 6.36. The van der Waals surface area contributed by atoms with E-state index in [2.05, 4.69) is 24.0 Å². The van der Waals surface area contributed by atoms with Gasteiger partial charge in [-0.15, -0.1) is 0 Å². The van der Waals surface area contributed by atoms with Crippen molar-refractivity contribution in [2.45, 2.75) is 26.7 Å². The van der Waals surface area contributed by atoms with Crippen molar-refractivity contribution in [2.75, 3.05) is 23.7 Å². The van der Waals surface area contributed by atoms with Crippen LogP contribution in [0.15, 0.2) is 42.6 Å². The van der Waals surface area contributed by atoms with Gasteiger partial charge in [0.2, 0.25) is 0 Å². The lowest BCUT2D eigenvalue weighted by Crippen LogP contribution is -2.33. The van der Waals surface area contributed by atoms with E-state index in [0.29, 0.717) is 0 Å². The molecule has 1 aromatic carbocycles. The summed E-state index contributed by atoms with van der Waals surface area (Å²) in [7, 11) is 0. The fourth-order valence-corrected chi connectivity index (χ4v) is 3.56. The monoisotopic (exact) mass is 332 g/mol. The third-order valence-electron chi connectivity index (χ3n) is 5.31. The zero-order chi connectivity index (χ0) is 17.4. The molecule has 2 N–H and O–H groups in total. The van der Waals surface area contributed by atoms with Crippen LogP contribution in [0.1, 0.15) is 25.3 Å². The fraction of sp³-hybridized carbons (Fsp3) is 0.333. The van der Waals surface area contributed by atoms with Gasteiger partial charge in [0.1, 0.15) is 5.82 Å². The van der Waals surface area contributed by atoms with Crippen LogP contribution < -0.4 is 10.6 Å². The molecule has 0 amide bonds. The Hall–Kier alpha value is -2.62. The van der Waals surface area contributed by atoms with E-state index in [-0.39, 0.29) is 0 Å². The van der Waals surface area contributed by atoms with Crippen molar-refractivity contribution < 1.29 is 0 Å². The van der Waals surface area contributed by atoms with Crippen molar-refractivity contribution in [3.05, 3.63) is 48.2 Å². The highest BCUT2D eigenvalue weighted by Gasteiger charge is 2.17. The Labute approximate surface area is 148 Å². The predicted octanol–water partition coefficient (Wildman–Crippen LogP) is 4.42. The second-order valence-electron chi connectivity index (χ2n) is 7.09. The molecule has 4 heteroatoms. The van der Waals surface area contributed by atoms with Crippen LogP contribution in [-0.2, 0) is 0 Å². The predicted molar refractivity (Wildman–Crippen MR) is 105 cm³/mol. The molecule has 1 aliphatic rings. The van der Waals surface area contributed by atoms with E-state index in [9.17, 15) is 0 Å². The quantitative estimate of drug-likeness (QED) is 0.754. The third-order valence-corrected chi connectivity index (χ3v) is 5.31. The first-order valence-electron chi connectivity index (χ1n) is 8.99. The maximum Gasteiger partial charge on any atom is 0.128 e. The van der Waals surface area contributed by atoms with Gasteiger partial charge in [-0.25, -0.2) is 9.97 Å². The summed E-state index contributed by atoms with van der Waals surface area (Å²) < 4.78 is 0. The largest absolute Gasteiger partial charge is 0.398 e. The number of anilines is 2. The van der Waals surface area contributed by atoms with Crippen molar-refractivity contribution in [3.63, 3.8) is 0 Å². The molecule has 0 atom stereocenters. The highest BCUT2D eigenvalue weighted by Crippen LogP contribution is 2.31. The molecular weight excluding hydrogens is 308 g/mol. The number of pyridine rings is 2. The van der Waals surface area contributed by atoms with E-state index in [0.717, 1.165) is 58.2 Å². The molecule has 0 unspecified atom stereocenters. The van der Waals surface area contributed by atoms with Crippen LogP contribution in [-0.4, -0.2) is 23.1 Å². The number of hydrogen-bond acceptors (Lipinski definition) is 4. The second-order valence-corrected chi connectivity index (χ2v) is 7.09. The Morgan fingerprint density at radius 3 is 2.56 bits per heavy atom. The normalized spacial score (nSPS) is 15.7. The molecule has 4 rings (SSSR count). The third kappa shape index (κ3) is 2.93. The van der Waals surface area contributed by atoms with Gasteiger partial charge in [0.25, 0.3) is 0 Å². The first-order valence-corrected chi connectivity index (χ1v) is 8.99. The lowest BCUT2D eigenvalue weighted by Gasteiger charge is -2.31. The molecule has 0 radical (unpaired) electrons. The summed E-state index contributed by atoms with van der Waals surface area (Å²) in [6.07, 6.45) is 4.41. The van der Waals surface area contributed by atoms with Crippen LogP contribution in [0.5, 0.6) is 0 Å². The average molecular weight is 332 g/mol. The van der Waals surface area contributed by atoms with Gasteiger partial charge in [-0.05, 0) is 49.4 Å². The summed E-state index contributed by atoms with van der Waals surface area (Å²) in [5, 5.41) is 1.01. The van der Waals surface area contributed by atoms with E-state index < -0.39 is 0 Å². The van der Waals surface area contributed by atoms with Crippen molar-refractivity contribution in [1.82, 2.24) is 9.97 Å². The SMILES string of the molecule is Cc1c(-c2ccc(N3CCC(C)CC3)nc2)nc2ccccc2c1N. The molecule has 128 valence electrons. The van der Waals surface area contributed by atoms with Crippen molar-refractivity contribution in [2.24, 2.45) is 5.92 Å². The minimum atomic E-state index is 0.801. The van der Waals surface area contributed by atoms with Gasteiger partial charge in [-0.2, -0.15) is 0 Å². The standard InChI is InChI=1S/C21H24N4/c1-14-9-11-25(12-10-14)19-8-7-16(13-23-19)21-15(2)20(22)17-5-3-4-6-18(17)24-21/h3-8,13-14H,9-12H2,1-2H3,(H2,22,24). The van der Waals surface area contributed by atoms with E-state index in [4.69, 9.17) is 15.7 Å². The number of aromatic nitrogens is 2. The van der Waals surface area contributed by atoms with Crippen LogP contribution in [0.3, 0.4) is 0 Å². The summed E-state index contributed by atoms with van der Waals surface area (Å²) in [5.41, 5.74) is 11.0. The number of para-hydroxylation sites is 1. The molecule has 3 heterocycles. The smallest absolute Gasteiger partial charge is 0.128 e. The van der Waals surface area contributed by atoms with Crippen LogP contribution >= 0.6 is 0 Å². The fourth-order valence-electron chi connectivity index (χ4n) is 3.56. The molecule has 2 aromatic heterocycles. The van der Waals surface area contributed by atoms with Crippen molar-refractivity contribution in [3.8, 4) is 11.3 Å². The number of rotatable bonds is 2. The van der Waals surface area contributed by atoms with E-state index in [1.807, 2.05) is 37.4 Å². The van der Waals surface area contributed by atoms with Gasteiger partial charge >= 0.3 is 0 Å². The first-order chi connectivity index (χ1) is 12.1. The highest BCUT2D eigenvalue weighted by molar-refractivity contribution is 5.94. The zero-order valence-electron chi connectivity index (χ0n) is 14.9. The van der Waals surface area contributed by atoms with Crippen LogP contribution in [0.4, 0.5) is 11.5 Å². The molecule has 1 fully saturated rings. The van der Waals surface area contributed by atoms with Crippen molar-refractivity contribution in [1.29, 1.82) is 0 Å². The molecule has 0 spiro atoms. The number of piperidine rings is 1.